The van der Waals surface area contributed by atoms with Crippen molar-refractivity contribution in [2.24, 2.45) is 5.92 Å². The first-order valence-corrected chi connectivity index (χ1v) is 11.2. The number of aryl methyl sites for hydroxylation is 2. The number of piperidine rings is 1. The first-order chi connectivity index (χ1) is 13.3. The monoisotopic (exact) mass is 400 g/mol. The second kappa shape index (κ2) is 8.35. The van der Waals surface area contributed by atoms with Gasteiger partial charge in [-0.3, -0.25) is 9.10 Å². The molecule has 1 heterocycles. The van der Waals surface area contributed by atoms with Crippen LogP contribution >= 0.6 is 0 Å². The molecule has 2 aromatic carbocycles. The van der Waals surface area contributed by atoms with Crippen LogP contribution < -0.4 is 4.31 Å². The standard InChI is InChI=1S/C22H28N2O3S/c1-17-11-12-19(3)21(14-17)24(28(26,27)20-9-5-4-6-10-20)16-22(25)23-13-7-8-18(2)15-23/h4-6,9-12,14,18H,7-8,13,15-16H2,1-3H3/t18-/m0/s1. The molecule has 0 N–H and O–H groups in total. The average molecular weight is 401 g/mol. The summed E-state index contributed by atoms with van der Waals surface area (Å²) in [6, 6.07) is 14.0. The van der Waals surface area contributed by atoms with Crippen molar-refractivity contribution in [2.45, 2.75) is 38.5 Å². The minimum atomic E-state index is -3.85. The summed E-state index contributed by atoms with van der Waals surface area (Å²) in [6.45, 7) is 7.11. The van der Waals surface area contributed by atoms with Crippen LogP contribution in [0.4, 0.5) is 5.69 Å². The summed E-state index contributed by atoms with van der Waals surface area (Å²) in [5.41, 5.74) is 2.33. The maximum atomic E-state index is 13.4. The third kappa shape index (κ3) is 4.38. The van der Waals surface area contributed by atoms with E-state index in [0.29, 0.717) is 24.7 Å². The first-order valence-electron chi connectivity index (χ1n) is 9.72. The van der Waals surface area contributed by atoms with Gasteiger partial charge >= 0.3 is 0 Å². The smallest absolute Gasteiger partial charge is 0.264 e. The zero-order valence-electron chi connectivity index (χ0n) is 16.8. The summed E-state index contributed by atoms with van der Waals surface area (Å²) in [5.74, 6) is 0.296. The summed E-state index contributed by atoms with van der Waals surface area (Å²) in [4.78, 5) is 15.0. The Labute approximate surface area is 168 Å². The topological polar surface area (TPSA) is 57.7 Å². The molecular formula is C22H28N2O3S. The summed E-state index contributed by atoms with van der Waals surface area (Å²) in [7, 11) is -3.85. The molecule has 0 radical (unpaired) electrons. The van der Waals surface area contributed by atoms with Crippen LogP contribution in [0.5, 0.6) is 0 Å². The Bertz CT molecular complexity index is 942. The molecule has 2 aromatic rings. The van der Waals surface area contributed by atoms with Gasteiger partial charge in [0.05, 0.1) is 10.6 Å². The van der Waals surface area contributed by atoms with E-state index in [9.17, 15) is 13.2 Å². The molecule has 0 bridgehead atoms. The highest BCUT2D eigenvalue weighted by Crippen LogP contribution is 2.28. The number of anilines is 1. The van der Waals surface area contributed by atoms with Crippen molar-refractivity contribution in [3.63, 3.8) is 0 Å². The van der Waals surface area contributed by atoms with Gasteiger partial charge < -0.3 is 4.90 Å². The Morgan fingerprint density at radius 3 is 2.54 bits per heavy atom. The van der Waals surface area contributed by atoms with Crippen LogP contribution in [-0.2, 0) is 14.8 Å². The van der Waals surface area contributed by atoms with Crippen LogP contribution in [0.2, 0.25) is 0 Å². The number of likely N-dealkylation sites (tertiary alicyclic amines) is 1. The van der Waals surface area contributed by atoms with E-state index in [1.807, 2.05) is 32.0 Å². The lowest BCUT2D eigenvalue weighted by Crippen LogP contribution is -2.46. The van der Waals surface area contributed by atoms with Crippen molar-refractivity contribution in [3.05, 3.63) is 59.7 Å². The average Bonchev–Trinajstić information content (AvgIpc) is 2.68. The number of carbonyl (C=O) groups is 1. The van der Waals surface area contributed by atoms with E-state index in [1.54, 1.807) is 35.2 Å². The molecule has 1 amide bonds. The third-order valence-electron chi connectivity index (χ3n) is 5.25. The van der Waals surface area contributed by atoms with E-state index < -0.39 is 10.0 Å². The maximum Gasteiger partial charge on any atom is 0.264 e. The van der Waals surface area contributed by atoms with E-state index >= 15 is 0 Å². The van der Waals surface area contributed by atoms with Crippen LogP contribution in [0.3, 0.4) is 0 Å². The minimum absolute atomic E-state index is 0.146. The first kappa shape index (κ1) is 20.4. The van der Waals surface area contributed by atoms with Crippen molar-refractivity contribution < 1.29 is 13.2 Å². The zero-order valence-corrected chi connectivity index (χ0v) is 17.6. The van der Waals surface area contributed by atoms with Gasteiger partial charge in [0.15, 0.2) is 0 Å². The molecule has 1 atom stereocenters. The molecule has 1 saturated heterocycles. The Kier molecular flexibility index (Phi) is 6.08. The lowest BCUT2D eigenvalue weighted by Gasteiger charge is -2.33. The minimum Gasteiger partial charge on any atom is -0.341 e. The number of rotatable bonds is 5. The van der Waals surface area contributed by atoms with Crippen molar-refractivity contribution in [1.29, 1.82) is 0 Å². The molecule has 0 saturated carbocycles. The Morgan fingerprint density at radius 2 is 1.86 bits per heavy atom. The van der Waals surface area contributed by atoms with E-state index in [1.165, 1.54) is 4.31 Å². The van der Waals surface area contributed by atoms with E-state index in [2.05, 4.69) is 6.92 Å². The highest BCUT2D eigenvalue weighted by Gasteiger charge is 2.31. The molecule has 1 aliphatic rings. The summed E-state index contributed by atoms with van der Waals surface area (Å²) in [6.07, 6.45) is 2.06. The maximum absolute atomic E-state index is 13.4. The van der Waals surface area contributed by atoms with Gasteiger partial charge in [-0.15, -0.1) is 0 Å². The molecule has 6 heteroatoms. The number of sulfonamides is 1. The summed E-state index contributed by atoms with van der Waals surface area (Å²) in [5, 5.41) is 0. The van der Waals surface area contributed by atoms with Gasteiger partial charge in [0.2, 0.25) is 5.91 Å². The molecular weight excluding hydrogens is 372 g/mol. The van der Waals surface area contributed by atoms with Gasteiger partial charge in [0, 0.05) is 13.1 Å². The van der Waals surface area contributed by atoms with E-state index in [4.69, 9.17) is 0 Å². The number of nitrogens with zero attached hydrogens (tertiary/aromatic N) is 2. The molecule has 0 spiro atoms. The van der Waals surface area contributed by atoms with Crippen LogP contribution in [-0.4, -0.2) is 38.9 Å². The normalized spacial score (nSPS) is 17.4. The number of hydrogen-bond donors (Lipinski definition) is 0. The highest BCUT2D eigenvalue weighted by molar-refractivity contribution is 7.92. The van der Waals surface area contributed by atoms with Crippen LogP contribution in [0.15, 0.2) is 53.4 Å². The third-order valence-corrected chi connectivity index (χ3v) is 7.03. The zero-order chi connectivity index (χ0) is 20.3. The van der Waals surface area contributed by atoms with Crippen LogP contribution in [0, 0.1) is 19.8 Å². The largest absolute Gasteiger partial charge is 0.341 e. The summed E-state index contributed by atoms with van der Waals surface area (Å²) < 4.78 is 28.1. The van der Waals surface area contributed by atoms with Gasteiger partial charge in [-0.05, 0) is 61.9 Å². The van der Waals surface area contributed by atoms with E-state index in [0.717, 1.165) is 24.0 Å². The van der Waals surface area contributed by atoms with Gasteiger partial charge in [-0.2, -0.15) is 0 Å². The quantitative estimate of drug-likeness (QED) is 0.768. The Hall–Kier alpha value is -2.34. The Balaban J connectivity index is 2.00. The number of amides is 1. The number of hydrogen-bond acceptors (Lipinski definition) is 3. The second-order valence-electron chi connectivity index (χ2n) is 7.70. The number of carbonyl (C=O) groups excluding carboxylic acids is 1. The second-order valence-corrected chi connectivity index (χ2v) is 9.56. The summed E-state index contributed by atoms with van der Waals surface area (Å²) >= 11 is 0. The molecule has 5 nitrogen and oxygen atoms in total. The molecule has 28 heavy (non-hydrogen) atoms. The lowest BCUT2D eigenvalue weighted by atomic mass is 10.0. The van der Waals surface area contributed by atoms with Gasteiger partial charge in [0.25, 0.3) is 10.0 Å². The van der Waals surface area contributed by atoms with Gasteiger partial charge in [0.1, 0.15) is 6.54 Å². The Morgan fingerprint density at radius 1 is 1.14 bits per heavy atom. The molecule has 0 aromatic heterocycles. The predicted octanol–water partition coefficient (Wildman–Crippen LogP) is 3.76. The molecule has 3 rings (SSSR count). The SMILES string of the molecule is Cc1ccc(C)c(N(CC(=O)N2CCC[C@H](C)C2)S(=O)(=O)c2ccccc2)c1. The fourth-order valence-electron chi connectivity index (χ4n) is 3.65. The van der Waals surface area contributed by atoms with Crippen molar-refractivity contribution in [1.82, 2.24) is 4.90 Å². The molecule has 1 aliphatic heterocycles. The van der Waals surface area contributed by atoms with Crippen molar-refractivity contribution in [2.75, 3.05) is 23.9 Å². The number of benzene rings is 2. The molecule has 1 fully saturated rings. The highest BCUT2D eigenvalue weighted by atomic mass is 32.2. The van der Waals surface area contributed by atoms with Crippen molar-refractivity contribution >= 4 is 21.6 Å². The predicted molar refractivity (Wildman–Crippen MR) is 112 cm³/mol. The lowest BCUT2D eigenvalue weighted by molar-refractivity contribution is -0.131. The van der Waals surface area contributed by atoms with Gasteiger partial charge in [-0.25, -0.2) is 8.42 Å². The van der Waals surface area contributed by atoms with Gasteiger partial charge in [-0.1, -0.05) is 37.3 Å². The molecule has 0 unspecified atom stereocenters. The van der Waals surface area contributed by atoms with Crippen LogP contribution in [0.25, 0.3) is 0 Å². The molecule has 150 valence electrons. The van der Waals surface area contributed by atoms with Crippen molar-refractivity contribution in [3.8, 4) is 0 Å². The molecule has 0 aliphatic carbocycles. The van der Waals surface area contributed by atoms with Crippen LogP contribution in [0.1, 0.15) is 30.9 Å². The fraction of sp³-hybridized carbons (Fsp3) is 0.409. The van der Waals surface area contributed by atoms with E-state index in [-0.39, 0.29) is 17.3 Å². The fourth-order valence-corrected chi connectivity index (χ4v) is 5.14.